The van der Waals surface area contributed by atoms with Gasteiger partial charge >= 0.3 is 0 Å². The second kappa shape index (κ2) is 5.93. The molecule has 0 aliphatic rings. The number of benzene rings is 2. The maximum Gasteiger partial charge on any atom is 0.190 e. The van der Waals surface area contributed by atoms with Crippen LogP contribution in [0.4, 0.5) is 8.78 Å². The predicted octanol–water partition coefficient (Wildman–Crippen LogP) is 4.22. The summed E-state index contributed by atoms with van der Waals surface area (Å²) in [5, 5.41) is 9.18. The van der Waals surface area contributed by atoms with Crippen molar-refractivity contribution in [2.75, 3.05) is 0 Å². The lowest BCUT2D eigenvalue weighted by molar-refractivity contribution is 0.0970. The Morgan fingerprint density at radius 2 is 1.70 bits per heavy atom. The van der Waals surface area contributed by atoms with E-state index in [0.717, 1.165) is 12.1 Å². The normalized spacial score (nSPS) is 11.7. The van der Waals surface area contributed by atoms with Crippen LogP contribution in [-0.4, -0.2) is 5.78 Å². The van der Waals surface area contributed by atoms with E-state index < -0.39 is 28.9 Å². The Bertz CT molecular complexity index is 689. The SMILES string of the molecule is N#CC(C(=O)c1c(F)cccc1F)c1ccccc1Br. The number of halogens is 3. The molecule has 100 valence electrons. The van der Waals surface area contributed by atoms with Crippen LogP contribution in [0.5, 0.6) is 0 Å². The minimum absolute atomic E-state index is 0.377. The van der Waals surface area contributed by atoms with Crippen molar-refractivity contribution >= 4 is 21.7 Å². The Morgan fingerprint density at radius 3 is 2.25 bits per heavy atom. The fourth-order valence-corrected chi connectivity index (χ4v) is 2.37. The lowest BCUT2D eigenvalue weighted by atomic mass is 9.91. The van der Waals surface area contributed by atoms with E-state index in [1.807, 2.05) is 0 Å². The highest BCUT2D eigenvalue weighted by Gasteiger charge is 2.28. The Labute approximate surface area is 122 Å². The van der Waals surface area contributed by atoms with Gasteiger partial charge in [0.2, 0.25) is 0 Å². The largest absolute Gasteiger partial charge is 0.292 e. The first-order valence-corrected chi connectivity index (χ1v) is 6.48. The van der Waals surface area contributed by atoms with Gasteiger partial charge in [-0.2, -0.15) is 5.26 Å². The third kappa shape index (κ3) is 2.61. The van der Waals surface area contributed by atoms with Gasteiger partial charge in [0.25, 0.3) is 0 Å². The summed E-state index contributed by atoms with van der Waals surface area (Å²) in [6.45, 7) is 0. The van der Waals surface area contributed by atoms with Crippen LogP contribution in [0.3, 0.4) is 0 Å². The zero-order valence-electron chi connectivity index (χ0n) is 10.1. The Morgan fingerprint density at radius 1 is 1.10 bits per heavy atom. The van der Waals surface area contributed by atoms with Crippen LogP contribution in [0, 0.1) is 23.0 Å². The number of nitriles is 1. The van der Waals surface area contributed by atoms with Gasteiger partial charge in [-0.15, -0.1) is 0 Å². The topological polar surface area (TPSA) is 40.9 Å². The van der Waals surface area contributed by atoms with Crippen LogP contribution in [0.25, 0.3) is 0 Å². The van der Waals surface area contributed by atoms with Gasteiger partial charge in [0.1, 0.15) is 17.6 Å². The van der Waals surface area contributed by atoms with Gasteiger partial charge in [0.05, 0.1) is 11.6 Å². The Balaban J connectivity index is 2.52. The number of Topliss-reactive ketones (excluding diaryl/α,β-unsaturated/α-hetero) is 1. The molecule has 2 aromatic carbocycles. The van der Waals surface area contributed by atoms with Crippen LogP contribution < -0.4 is 0 Å². The molecular weight excluding hydrogens is 328 g/mol. The molecule has 0 aliphatic carbocycles. The number of carbonyl (C=O) groups excluding carboxylic acids is 1. The van der Waals surface area contributed by atoms with E-state index in [-0.39, 0.29) is 0 Å². The molecule has 0 saturated carbocycles. The zero-order valence-corrected chi connectivity index (χ0v) is 11.7. The molecule has 0 bridgehead atoms. The summed E-state index contributed by atoms with van der Waals surface area (Å²) in [6, 6.07) is 11.5. The van der Waals surface area contributed by atoms with Gasteiger partial charge in [-0.05, 0) is 23.8 Å². The van der Waals surface area contributed by atoms with Crippen LogP contribution in [0.15, 0.2) is 46.9 Å². The summed E-state index contributed by atoms with van der Waals surface area (Å²) >= 11 is 3.22. The van der Waals surface area contributed by atoms with Crippen LogP contribution in [-0.2, 0) is 0 Å². The molecule has 5 heteroatoms. The van der Waals surface area contributed by atoms with Crippen molar-refractivity contribution in [2.45, 2.75) is 5.92 Å². The van der Waals surface area contributed by atoms with Crippen molar-refractivity contribution in [3.05, 3.63) is 69.7 Å². The van der Waals surface area contributed by atoms with Crippen LogP contribution in [0.1, 0.15) is 21.8 Å². The van der Waals surface area contributed by atoms with Gasteiger partial charge in [0.15, 0.2) is 5.78 Å². The van der Waals surface area contributed by atoms with Gasteiger partial charge in [-0.25, -0.2) is 8.78 Å². The number of rotatable bonds is 3. The summed E-state index contributed by atoms with van der Waals surface area (Å²) in [4.78, 5) is 12.2. The standard InChI is InChI=1S/C15H8BrF2NO/c16-11-5-2-1-4-9(11)10(8-19)15(20)14-12(17)6-3-7-13(14)18/h1-7,10H. The second-order valence-corrected chi connectivity index (χ2v) is 4.90. The van der Waals surface area contributed by atoms with Crippen LogP contribution >= 0.6 is 15.9 Å². The molecule has 0 fully saturated rings. The highest BCUT2D eigenvalue weighted by Crippen LogP contribution is 2.29. The molecule has 0 N–H and O–H groups in total. The molecule has 0 amide bonds. The monoisotopic (exact) mass is 335 g/mol. The van der Waals surface area contributed by atoms with Crippen molar-refractivity contribution in [3.8, 4) is 6.07 Å². The van der Waals surface area contributed by atoms with Gasteiger partial charge in [-0.3, -0.25) is 4.79 Å². The summed E-state index contributed by atoms with van der Waals surface area (Å²) in [5.74, 6) is -4.10. The van der Waals surface area contributed by atoms with Crippen molar-refractivity contribution in [2.24, 2.45) is 0 Å². The molecule has 2 aromatic rings. The summed E-state index contributed by atoms with van der Waals surface area (Å²) in [5.41, 5.74) is -0.308. The molecule has 0 spiro atoms. The number of nitrogens with zero attached hydrogens (tertiary/aromatic N) is 1. The third-order valence-corrected chi connectivity index (χ3v) is 3.54. The molecular formula is C15H8BrF2NO. The average Bonchev–Trinajstić information content (AvgIpc) is 2.41. The Kier molecular flexibility index (Phi) is 4.26. The van der Waals surface area contributed by atoms with E-state index in [2.05, 4.69) is 15.9 Å². The molecule has 2 nitrogen and oxygen atoms in total. The van der Waals surface area contributed by atoms with E-state index in [1.165, 1.54) is 6.07 Å². The second-order valence-electron chi connectivity index (χ2n) is 4.04. The minimum atomic E-state index is -1.27. The fourth-order valence-electron chi connectivity index (χ4n) is 1.86. The lowest BCUT2D eigenvalue weighted by Crippen LogP contribution is -2.15. The number of ketones is 1. The van der Waals surface area contributed by atoms with Crippen molar-refractivity contribution in [1.29, 1.82) is 5.26 Å². The van der Waals surface area contributed by atoms with E-state index in [1.54, 1.807) is 30.3 Å². The molecule has 0 heterocycles. The molecule has 0 aliphatic heterocycles. The van der Waals surface area contributed by atoms with Crippen molar-refractivity contribution in [3.63, 3.8) is 0 Å². The minimum Gasteiger partial charge on any atom is -0.292 e. The lowest BCUT2D eigenvalue weighted by Gasteiger charge is -2.11. The molecule has 0 saturated heterocycles. The van der Waals surface area contributed by atoms with Gasteiger partial charge in [-0.1, -0.05) is 40.2 Å². The van der Waals surface area contributed by atoms with Crippen molar-refractivity contribution in [1.82, 2.24) is 0 Å². The fraction of sp³-hybridized carbons (Fsp3) is 0.0667. The molecule has 2 rings (SSSR count). The molecule has 0 aromatic heterocycles. The van der Waals surface area contributed by atoms with Crippen LogP contribution in [0.2, 0.25) is 0 Å². The zero-order chi connectivity index (χ0) is 14.7. The highest BCUT2D eigenvalue weighted by molar-refractivity contribution is 9.10. The van der Waals surface area contributed by atoms with Gasteiger partial charge in [0, 0.05) is 4.47 Å². The number of hydrogen-bond acceptors (Lipinski definition) is 2. The highest BCUT2D eigenvalue weighted by atomic mass is 79.9. The number of hydrogen-bond donors (Lipinski definition) is 0. The summed E-state index contributed by atoms with van der Waals surface area (Å²) in [7, 11) is 0. The van der Waals surface area contributed by atoms with E-state index in [0.29, 0.717) is 10.0 Å². The molecule has 20 heavy (non-hydrogen) atoms. The maximum atomic E-state index is 13.6. The number of carbonyl (C=O) groups is 1. The smallest absolute Gasteiger partial charge is 0.190 e. The van der Waals surface area contributed by atoms with E-state index in [4.69, 9.17) is 0 Å². The molecule has 1 atom stereocenters. The first-order chi connectivity index (χ1) is 9.56. The van der Waals surface area contributed by atoms with Gasteiger partial charge < -0.3 is 0 Å². The van der Waals surface area contributed by atoms with Crippen molar-refractivity contribution < 1.29 is 13.6 Å². The first kappa shape index (κ1) is 14.4. The Hall–Kier alpha value is -2.06. The third-order valence-electron chi connectivity index (χ3n) is 2.82. The average molecular weight is 336 g/mol. The molecule has 1 unspecified atom stereocenters. The molecule has 0 radical (unpaired) electrons. The van der Waals surface area contributed by atoms with E-state index in [9.17, 15) is 18.8 Å². The predicted molar refractivity (Wildman–Crippen MR) is 73.2 cm³/mol. The maximum absolute atomic E-state index is 13.6. The summed E-state index contributed by atoms with van der Waals surface area (Å²) in [6.07, 6.45) is 0. The quantitative estimate of drug-likeness (QED) is 0.788. The first-order valence-electron chi connectivity index (χ1n) is 5.68. The summed E-state index contributed by atoms with van der Waals surface area (Å²) < 4.78 is 27.8. The van der Waals surface area contributed by atoms with E-state index >= 15 is 0 Å².